The normalized spacial score (nSPS) is 10.8. The Labute approximate surface area is 133 Å². The number of benzene rings is 2. The first-order valence-electron chi connectivity index (χ1n) is 6.56. The van der Waals surface area contributed by atoms with E-state index < -0.39 is 0 Å². The van der Waals surface area contributed by atoms with E-state index in [-0.39, 0.29) is 5.78 Å². The van der Waals surface area contributed by atoms with Crippen LogP contribution in [0, 0.1) is 5.92 Å². The monoisotopic (exact) mass is 350 g/mol. The third kappa shape index (κ3) is 3.71. The summed E-state index contributed by atoms with van der Waals surface area (Å²) in [7, 11) is 0. The highest BCUT2D eigenvalue weighted by molar-refractivity contribution is 9.10. The Morgan fingerprint density at radius 1 is 1.20 bits per heavy atom. The highest BCUT2D eigenvalue weighted by atomic mass is 79.9. The molecule has 0 N–H and O–H groups in total. The molecular weight excluding hydrogens is 336 g/mol. The van der Waals surface area contributed by atoms with Crippen LogP contribution in [-0.2, 0) is 6.42 Å². The quantitative estimate of drug-likeness (QED) is 0.662. The number of carbonyl (C=O) groups excluding carboxylic acids is 1. The van der Waals surface area contributed by atoms with Gasteiger partial charge in [0.15, 0.2) is 5.78 Å². The molecule has 3 heteroatoms. The van der Waals surface area contributed by atoms with Crippen molar-refractivity contribution in [3.63, 3.8) is 0 Å². The van der Waals surface area contributed by atoms with Crippen LogP contribution >= 0.6 is 27.5 Å². The van der Waals surface area contributed by atoms with Crippen molar-refractivity contribution >= 4 is 33.3 Å². The maximum atomic E-state index is 12.5. The molecule has 0 fully saturated rings. The Morgan fingerprint density at radius 3 is 2.60 bits per heavy atom. The first kappa shape index (κ1) is 15.3. The maximum Gasteiger partial charge on any atom is 0.194 e. The number of halogens is 2. The zero-order valence-electron chi connectivity index (χ0n) is 11.5. The molecule has 0 aliphatic heterocycles. The predicted octanol–water partition coefficient (Wildman–Crippen LogP) is 5.53. The molecule has 2 aromatic rings. The molecule has 0 bridgehead atoms. The van der Waals surface area contributed by atoms with E-state index in [9.17, 15) is 4.79 Å². The molecule has 0 saturated heterocycles. The molecule has 0 aliphatic rings. The summed E-state index contributed by atoms with van der Waals surface area (Å²) >= 11 is 9.49. The molecule has 0 aliphatic carbocycles. The third-order valence-corrected chi connectivity index (χ3v) is 3.81. The summed E-state index contributed by atoms with van der Waals surface area (Å²) in [5.41, 5.74) is 2.41. The summed E-state index contributed by atoms with van der Waals surface area (Å²) in [6, 6.07) is 13.1. The average molecular weight is 352 g/mol. The van der Waals surface area contributed by atoms with Gasteiger partial charge in [0.25, 0.3) is 0 Å². The van der Waals surface area contributed by atoms with Gasteiger partial charge in [0.05, 0.1) is 5.02 Å². The van der Waals surface area contributed by atoms with Crippen LogP contribution in [0.15, 0.2) is 46.9 Å². The van der Waals surface area contributed by atoms with Gasteiger partial charge in [-0.15, -0.1) is 0 Å². The number of rotatable bonds is 4. The lowest BCUT2D eigenvalue weighted by Crippen LogP contribution is -2.04. The van der Waals surface area contributed by atoms with Gasteiger partial charge in [0, 0.05) is 15.6 Å². The fourth-order valence-corrected chi connectivity index (χ4v) is 2.90. The topological polar surface area (TPSA) is 17.1 Å². The van der Waals surface area contributed by atoms with Crippen LogP contribution in [0.1, 0.15) is 35.3 Å². The van der Waals surface area contributed by atoms with E-state index in [4.69, 9.17) is 11.6 Å². The molecule has 0 amide bonds. The van der Waals surface area contributed by atoms with Crippen LogP contribution in [0.2, 0.25) is 5.02 Å². The second kappa shape index (κ2) is 6.55. The van der Waals surface area contributed by atoms with Crippen LogP contribution in [0.4, 0.5) is 0 Å². The molecule has 0 radical (unpaired) electrons. The van der Waals surface area contributed by atoms with Crippen molar-refractivity contribution in [2.24, 2.45) is 5.92 Å². The van der Waals surface area contributed by atoms with Gasteiger partial charge in [-0.25, -0.2) is 0 Å². The van der Waals surface area contributed by atoms with E-state index in [1.165, 1.54) is 5.56 Å². The molecule has 2 aromatic carbocycles. The summed E-state index contributed by atoms with van der Waals surface area (Å²) in [5.74, 6) is 0.532. The summed E-state index contributed by atoms with van der Waals surface area (Å²) in [6.45, 7) is 4.33. The maximum absolute atomic E-state index is 12.5. The molecule has 1 nitrogen and oxygen atoms in total. The molecule has 0 spiro atoms. The van der Waals surface area contributed by atoms with Crippen LogP contribution in [0.3, 0.4) is 0 Å². The standard InChI is InChI=1S/C17H16BrClO/c1-11(2)8-12-4-3-5-13(9-12)17(20)15-7-6-14(18)10-16(15)19/h3-7,9-11H,8H2,1-2H3. The fourth-order valence-electron chi connectivity index (χ4n) is 2.14. The van der Waals surface area contributed by atoms with Gasteiger partial charge >= 0.3 is 0 Å². The second-order valence-corrected chi connectivity index (χ2v) is 6.57. The van der Waals surface area contributed by atoms with Crippen molar-refractivity contribution in [1.82, 2.24) is 0 Å². The SMILES string of the molecule is CC(C)Cc1cccc(C(=O)c2ccc(Br)cc2Cl)c1. The van der Waals surface area contributed by atoms with Crippen molar-refractivity contribution < 1.29 is 4.79 Å². The summed E-state index contributed by atoms with van der Waals surface area (Å²) in [4.78, 5) is 12.5. The van der Waals surface area contributed by atoms with Crippen molar-refractivity contribution in [1.29, 1.82) is 0 Å². The Kier molecular flexibility index (Phi) is 5.00. The largest absolute Gasteiger partial charge is 0.289 e. The number of hydrogen-bond donors (Lipinski definition) is 0. The van der Waals surface area contributed by atoms with E-state index in [0.717, 1.165) is 10.9 Å². The van der Waals surface area contributed by atoms with Crippen molar-refractivity contribution in [3.05, 3.63) is 68.7 Å². The number of ketones is 1. The number of carbonyl (C=O) groups is 1. The van der Waals surface area contributed by atoms with Crippen LogP contribution in [0.5, 0.6) is 0 Å². The molecule has 2 rings (SSSR count). The molecule has 0 aromatic heterocycles. The zero-order chi connectivity index (χ0) is 14.7. The van der Waals surface area contributed by atoms with Crippen LogP contribution in [-0.4, -0.2) is 5.78 Å². The average Bonchev–Trinajstić information content (AvgIpc) is 2.37. The summed E-state index contributed by atoms with van der Waals surface area (Å²) in [5, 5.41) is 0.471. The minimum atomic E-state index is -0.0342. The molecular formula is C17H16BrClO. The number of hydrogen-bond acceptors (Lipinski definition) is 1. The van der Waals surface area contributed by atoms with Crippen molar-refractivity contribution in [3.8, 4) is 0 Å². The summed E-state index contributed by atoms with van der Waals surface area (Å²) in [6.07, 6.45) is 0.967. The van der Waals surface area contributed by atoms with Gasteiger partial charge in [-0.1, -0.05) is 59.6 Å². The van der Waals surface area contributed by atoms with Gasteiger partial charge in [0.1, 0.15) is 0 Å². The van der Waals surface area contributed by atoms with Crippen molar-refractivity contribution in [2.75, 3.05) is 0 Å². The van der Waals surface area contributed by atoms with E-state index in [1.807, 2.05) is 24.3 Å². The Bertz CT molecular complexity index is 635. The molecule has 104 valence electrons. The lowest BCUT2D eigenvalue weighted by molar-refractivity contribution is 0.103. The summed E-state index contributed by atoms with van der Waals surface area (Å²) < 4.78 is 0.868. The van der Waals surface area contributed by atoms with Crippen LogP contribution < -0.4 is 0 Å². The highest BCUT2D eigenvalue weighted by Gasteiger charge is 2.13. The first-order valence-corrected chi connectivity index (χ1v) is 7.73. The Morgan fingerprint density at radius 2 is 1.95 bits per heavy atom. The van der Waals surface area contributed by atoms with Crippen molar-refractivity contribution in [2.45, 2.75) is 20.3 Å². The highest BCUT2D eigenvalue weighted by Crippen LogP contribution is 2.24. The first-order chi connectivity index (χ1) is 9.47. The minimum absolute atomic E-state index is 0.0342. The molecule has 0 atom stereocenters. The smallest absolute Gasteiger partial charge is 0.194 e. The Hall–Kier alpha value is -1.12. The predicted molar refractivity (Wildman–Crippen MR) is 87.6 cm³/mol. The van der Waals surface area contributed by atoms with Gasteiger partial charge in [-0.2, -0.15) is 0 Å². The van der Waals surface area contributed by atoms with Gasteiger partial charge in [-0.05, 0) is 42.2 Å². The van der Waals surface area contributed by atoms with Crippen LogP contribution in [0.25, 0.3) is 0 Å². The molecule has 0 heterocycles. The van der Waals surface area contributed by atoms with Gasteiger partial charge in [0.2, 0.25) is 0 Å². The van der Waals surface area contributed by atoms with Gasteiger partial charge < -0.3 is 0 Å². The minimum Gasteiger partial charge on any atom is -0.289 e. The van der Waals surface area contributed by atoms with Gasteiger partial charge in [-0.3, -0.25) is 4.79 Å². The zero-order valence-corrected chi connectivity index (χ0v) is 13.8. The fraction of sp³-hybridized carbons (Fsp3) is 0.235. The van der Waals surface area contributed by atoms with E-state index in [1.54, 1.807) is 12.1 Å². The van der Waals surface area contributed by atoms with E-state index in [2.05, 4.69) is 35.8 Å². The molecule has 20 heavy (non-hydrogen) atoms. The third-order valence-electron chi connectivity index (χ3n) is 3.01. The van der Waals surface area contributed by atoms with E-state index >= 15 is 0 Å². The van der Waals surface area contributed by atoms with E-state index in [0.29, 0.717) is 22.1 Å². The second-order valence-electron chi connectivity index (χ2n) is 5.25. The lowest BCUT2D eigenvalue weighted by Gasteiger charge is -2.08. The molecule has 0 saturated carbocycles. The molecule has 0 unspecified atom stereocenters. The lowest BCUT2D eigenvalue weighted by atomic mass is 9.97. The Balaban J connectivity index is 2.33.